The van der Waals surface area contributed by atoms with Gasteiger partial charge in [-0.05, 0) is 76.1 Å². The monoisotopic (exact) mass is 514 g/mol. The van der Waals surface area contributed by atoms with Gasteiger partial charge in [0.25, 0.3) is 5.91 Å². The van der Waals surface area contributed by atoms with E-state index >= 15 is 0 Å². The minimum atomic E-state index is -0.366. The standard InChI is InChI=1S/C21H22N8O2S3/c1-12-24-21(28-27-12)33-17-10-9-16(18(25-17)19(30)26-20-22-11-23-34-20)32-15-7-5-14(6-8-15)31-13(2)29(3)4/h5-11,13H,1-4H3,(H,24,27,28)(H,22,23,26,30). The number of H-pyrrole nitrogens is 1. The lowest BCUT2D eigenvalue weighted by Crippen LogP contribution is -2.30. The molecular formula is C21H22N8O2S3. The third kappa shape index (κ3) is 6.32. The maximum absolute atomic E-state index is 13.1. The normalized spacial score (nSPS) is 12.0. The Morgan fingerprint density at radius 3 is 2.59 bits per heavy atom. The maximum Gasteiger partial charge on any atom is 0.277 e. The lowest BCUT2D eigenvalue weighted by molar-refractivity contribution is 0.0815. The second kappa shape index (κ2) is 11.0. The molecule has 0 spiro atoms. The van der Waals surface area contributed by atoms with E-state index in [1.54, 1.807) is 0 Å². The summed E-state index contributed by atoms with van der Waals surface area (Å²) in [5.74, 6) is 1.11. The van der Waals surface area contributed by atoms with Crippen LogP contribution in [0.25, 0.3) is 0 Å². The first-order chi connectivity index (χ1) is 16.4. The average Bonchev–Trinajstić information content (AvgIpc) is 3.47. The van der Waals surface area contributed by atoms with E-state index in [1.165, 1.54) is 29.9 Å². The smallest absolute Gasteiger partial charge is 0.277 e. The molecule has 0 radical (unpaired) electrons. The number of hydrogen-bond donors (Lipinski definition) is 2. The van der Waals surface area contributed by atoms with Gasteiger partial charge in [0.15, 0.2) is 5.16 Å². The number of nitrogens with one attached hydrogen (secondary N) is 2. The molecule has 1 aromatic carbocycles. The number of ether oxygens (including phenoxy) is 1. The number of anilines is 1. The Labute approximate surface area is 209 Å². The third-order valence-electron chi connectivity index (χ3n) is 4.49. The van der Waals surface area contributed by atoms with Crippen molar-refractivity contribution in [2.45, 2.75) is 40.0 Å². The first-order valence-corrected chi connectivity index (χ1v) is 12.5. The number of rotatable bonds is 9. The van der Waals surface area contributed by atoms with Gasteiger partial charge in [0.2, 0.25) is 5.13 Å². The fraction of sp³-hybridized carbons (Fsp3) is 0.238. The van der Waals surface area contributed by atoms with Gasteiger partial charge in [0, 0.05) is 21.3 Å². The van der Waals surface area contributed by atoms with Gasteiger partial charge in [-0.25, -0.2) is 9.97 Å². The number of carbonyl (C=O) groups excluding carboxylic acids is 1. The summed E-state index contributed by atoms with van der Waals surface area (Å²) in [6.07, 6.45) is 1.35. The van der Waals surface area contributed by atoms with Gasteiger partial charge in [0.1, 0.15) is 34.8 Å². The van der Waals surface area contributed by atoms with Crippen molar-refractivity contribution in [2.75, 3.05) is 19.4 Å². The summed E-state index contributed by atoms with van der Waals surface area (Å²) >= 11 is 3.84. The predicted molar refractivity (Wildman–Crippen MR) is 132 cm³/mol. The summed E-state index contributed by atoms with van der Waals surface area (Å²) in [6.45, 7) is 3.81. The number of aryl methyl sites for hydroxylation is 1. The minimum Gasteiger partial charge on any atom is -0.475 e. The van der Waals surface area contributed by atoms with E-state index in [0.29, 0.717) is 26.0 Å². The van der Waals surface area contributed by atoms with Gasteiger partial charge in [-0.1, -0.05) is 11.8 Å². The van der Waals surface area contributed by atoms with Crippen molar-refractivity contribution in [1.82, 2.24) is 34.4 Å². The van der Waals surface area contributed by atoms with Crippen LogP contribution in [0, 0.1) is 6.92 Å². The molecule has 3 heterocycles. The molecule has 34 heavy (non-hydrogen) atoms. The summed E-state index contributed by atoms with van der Waals surface area (Å²) in [5.41, 5.74) is 0.281. The Morgan fingerprint density at radius 2 is 1.94 bits per heavy atom. The van der Waals surface area contributed by atoms with E-state index < -0.39 is 0 Å². The van der Waals surface area contributed by atoms with E-state index in [2.05, 4.69) is 34.8 Å². The zero-order valence-electron chi connectivity index (χ0n) is 18.8. The van der Waals surface area contributed by atoms with Gasteiger partial charge >= 0.3 is 0 Å². The highest BCUT2D eigenvalue weighted by atomic mass is 32.2. The largest absolute Gasteiger partial charge is 0.475 e. The molecule has 0 aliphatic heterocycles. The molecule has 176 valence electrons. The van der Waals surface area contributed by atoms with Gasteiger partial charge in [-0.15, -0.1) is 10.2 Å². The summed E-state index contributed by atoms with van der Waals surface area (Å²) in [4.78, 5) is 28.4. The zero-order valence-corrected chi connectivity index (χ0v) is 21.3. The molecule has 0 bridgehead atoms. The lowest BCUT2D eigenvalue weighted by atomic mass is 10.3. The first kappa shape index (κ1) is 24.1. The van der Waals surface area contributed by atoms with Gasteiger partial charge in [0.05, 0.1) is 0 Å². The van der Waals surface area contributed by atoms with Crippen molar-refractivity contribution in [1.29, 1.82) is 0 Å². The number of aromatic nitrogens is 6. The van der Waals surface area contributed by atoms with Crippen LogP contribution in [0.1, 0.15) is 23.2 Å². The van der Waals surface area contributed by atoms with Crippen molar-refractivity contribution in [3.63, 3.8) is 0 Å². The number of nitrogens with zero attached hydrogens (tertiary/aromatic N) is 6. The number of carbonyl (C=O) groups is 1. The third-order valence-corrected chi connectivity index (χ3v) is 6.95. The molecule has 1 amide bonds. The minimum absolute atomic E-state index is 0.0449. The highest BCUT2D eigenvalue weighted by Crippen LogP contribution is 2.34. The van der Waals surface area contributed by atoms with Gasteiger partial charge in [-0.2, -0.15) is 4.37 Å². The van der Waals surface area contributed by atoms with Crippen molar-refractivity contribution in [3.05, 3.63) is 54.2 Å². The molecule has 1 atom stereocenters. The fourth-order valence-electron chi connectivity index (χ4n) is 2.60. The molecule has 0 saturated heterocycles. The average molecular weight is 515 g/mol. The molecule has 4 aromatic rings. The quantitative estimate of drug-likeness (QED) is 0.314. The van der Waals surface area contributed by atoms with E-state index in [4.69, 9.17) is 4.74 Å². The van der Waals surface area contributed by atoms with Crippen LogP contribution in [0.3, 0.4) is 0 Å². The number of amides is 1. The highest BCUT2D eigenvalue weighted by molar-refractivity contribution is 7.99. The van der Waals surface area contributed by atoms with Crippen molar-refractivity contribution < 1.29 is 9.53 Å². The molecule has 10 nitrogen and oxygen atoms in total. The Hall–Kier alpha value is -3.00. The summed E-state index contributed by atoms with van der Waals surface area (Å²) in [6, 6.07) is 11.4. The topological polar surface area (TPSA) is 122 Å². The lowest BCUT2D eigenvalue weighted by Gasteiger charge is -2.21. The highest BCUT2D eigenvalue weighted by Gasteiger charge is 2.18. The van der Waals surface area contributed by atoms with Crippen LogP contribution in [0.15, 0.2) is 62.7 Å². The SMILES string of the molecule is Cc1nnc(Sc2ccc(Sc3ccc(OC(C)N(C)C)cc3)c(C(=O)Nc3ncns3)n2)[nH]1. The molecule has 2 N–H and O–H groups in total. The van der Waals surface area contributed by atoms with Crippen LogP contribution in [-0.4, -0.2) is 60.7 Å². The van der Waals surface area contributed by atoms with Crippen molar-refractivity contribution in [3.8, 4) is 5.75 Å². The van der Waals surface area contributed by atoms with Crippen molar-refractivity contribution >= 4 is 46.1 Å². The van der Waals surface area contributed by atoms with Gasteiger partial charge < -0.3 is 9.72 Å². The van der Waals surface area contributed by atoms with Crippen LogP contribution in [0.2, 0.25) is 0 Å². The number of aromatic amines is 1. The van der Waals surface area contributed by atoms with Crippen LogP contribution >= 0.6 is 35.1 Å². The number of benzene rings is 1. The summed E-state index contributed by atoms with van der Waals surface area (Å²) < 4.78 is 9.81. The number of hydrogen-bond acceptors (Lipinski definition) is 11. The first-order valence-electron chi connectivity index (χ1n) is 10.1. The van der Waals surface area contributed by atoms with Crippen molar-refractivity contribution in [2.24, 2.45) is 0 Å². The summed E-state index contributed by atoms with van der Waals surface area (Å²) in [7, 11) is 3.92. The maximum atomic E-state index is 13.1. The fourth-order valence-corrected chi connectivity index (χ4v) is 4.68. The Balaban J connectivity index is 1.56. The van der Waals surface area contributed by atoms with E-state index in [1.807, 2.05) is 69.2 Å². The Morgan fingerprint density at radius 1 is 1.15 bits per heavy atom. The molecular weight excluding hydrogens is 492 g/mol. The zero-order chi connectivity index (χ0) is 24.1. The molecule has 3 aromatic heterocycles. The van der Waals surface area contributed by atoms with Gasteiger partial charge in [-0.3, -0.25) is 15.0 Å². The molecule has 0 aliphatic carbocycles. The van der Waals surface area contributed by atoms with Crippen LogP contribution in [0.4, 0.5) is 5.13 Å². The predicted octanol–water partition coefficient (Wildman–Crippen LogP) is 4.20. The summed E-state index contributed by atoms with van der Waals surface area (Å²) in [5, 5.41) is 12.4. The molecule has 0 fully saturated rings. The molecule has 1 unspecified atom stereocenters. The Kier molecular flexibility index (Phi) is 7.77. The van der Waals surface area contributed by atoms with E-state index in [0.717, 1.165) is 22.2 Å². The molecule has 13 heteroatoms. The van der Waals surface area contributed by atoms with E-state index in [-0.39, 0.29) is 17.8 Å². The second-order valence-corrected chi connectivity index (χ2v) is 10.2. The molecule has 0 aliphatic rings. The van der Waals surface area contributed by atoms with E-state index in [9.17, 15) is 4.79 Å². The molecule has 4 rings (SSSR count). The molecule has 0 saturated carbocycles. The number of pyridine rings is 1. The second-order valence-electron chi connectivity index (χ2n) is 7.27. The van der Waals surface area contributed by atoms with Crippen LogP contribution in [0.5, 0.6) is 5.75 Å². The Bertz CT molecular complexity index is 1250. The van der Waals surface area contributed by atoms with Crippen LogP contribution < -0.4 is 10.1 Å². The van der Waals surface area contributed by atoms with Crippen LogP contribution in [-0.2, 0) is 0 Å².